The Morgan fingerprint density at radius 2 is 2.05 bits per heavy atom. The number of hydrogen-bond acceptors (Lipinski definition) is 6. The van der Waals surface area contributed by atoms with E-state index in [1.54, 1.807) is 0 Å². The van der Waals surface area contributed by atoms with Gasteiger partial charge in [0.1, 0.15) is 4.21 Å². The molecule has 2 rings (SSSR count). The van der Waals surface area contributed by atoms with Crippen molar-refractivity contribution < 1.29 is 16.8 Å². The molecule has 2 aromatic heterocycles. The van der Waals surface area contributed by atoms with Gasteiger partial charge in [0.15, 0.2) is 5.03 Å². The van der Waals surface area contributed by atoms with E-state index in [2.05, 4.69) is 9.82 Å². The third-order valence-corrected chi connectivity index (χ3v) is 6.88. The van der Waals surface area contributed by atoms with Crippen molar-refractivity contribution in [3.05, 3.63) is 28.2 Å². The van der Waals surface area contributed by atoms with Crippen LogP contribution in [0, 0.1) is 0 Å². The minimum atomic E-state index is -3.86. The largest absolute Gasteiger partial charge is 0.259 e. The maximum Gasteiger partial charge on any atom is 0.259 e. The van der Waals surface area contributed by atoms with E-state index < -0.39 is 20.0 Å². The summed E-state index contributed by atoms with van der Waals surface area (Å²) in [6.45, 7) is -0.0793. The van der Waals surface area contributed by atoms with Crippen LogP contribution in [-0.4, -0.2) is 26.6 Å². The van der Waals surface area contributed by atoms with E-state index in [0.29, 0.717) is 4.88 Å². The van der Waals surface area contributed by atoms with Gasteiger partial charge in [-0.2, -0.15) is 5.10 Å². The number of nitrogens with one attached hydrogen (secondary N) is 1. The zero-order chi connectivity index (χ0) is 15.8. The van der Waals surface area contributed by atoms with Crippen molar-refractivity contribution in [1.29, 1.82) is 0 Å². The molecule has 0 unspecified atom stereocenters. The average Bonchev–Trinajstić information content (AvgIpc) is 2.93. The van der Waals surface area contributed by atoms with Crippen LogP contribution in [0.25, 0.3) is 0 Å². The first-order valence-corrected chi connectivity index (χ1v) is 9.62. The molecule has 0 bridgehead atoms. The molecule has 0 fully saturated rings. The predicted octanol–water partition coefficient (Wildman–Crippen LogP) is 0.261. The minimum Gasteiger partial charge on any atom is -0.255 e. The standard InChI is InChI=1S/C9H11ClN4O4S3/c1-14-9(7(10)5-12-14)21(17,18)13-4-6-2-3-8(19-6)20(11,15)16/h2-3,5,13H,4H2,1H3,(H2,11,15,16). The number of halogens is 1. The molecule has 0 saturated heterocycles. The molecule has 2 aromatic rings. The Hall–Kier alpha value is -0.980. The van der Waals surface area contributed by atoms with Crippen LogP contribution in [0.15, 0.2) is 27.6 Å². The summed E-state index contributed by atoms with van der Waals surface area (Å²) in [5.74, 6) is 0. The number of nitrogens with zero attached hydrogens (tertiary/aromatic N) is 2. The second-order valence-electron chi connectivity index (χ2n) is 4.01. The van der Waals surface area contributed by atoms with E-state index in [1.165, 1.54) is 25.4 Å². The molecule has 0 aromatic carbocycles. The molecule has 2 heterocycles. The molecule has 0 saturated carbocycles. The zero-order valence-electron chi connectivity index (χ0n) is 10.6. The number of aromatic nitrogens is 2. The molecule has 3 N–H and O–H groups in total. The van der Waals surface area contributed by atoms with Crippen LogP contribution >= 0.6 is 22.9 Å². The molecule has 12 heteroatoms. The first-order chi connectivity index (χ1) is 9.61. The average molecular weight is 371 g/mol. The van der Waals surface area contributed by atoms with Gasteiger partial charge < -0.3 is 0 Å². The fraction of sp³-hybridized carbons (Fsp3) is 0.222. The summed E-state index contributed by atoms with van der Waals surface area (Å²) < 4.78 is 49.9. The molecular weight excluding hydrogens is 360 g/mol. The highest BCUT2D eigenvalue weighted by molar-refractivity contribution is 7.91. The van der Waals surface area contributed by atoms with Crippen LogP contribution in [-0.2, 0) is 33.6 Å². The van der Waals surface area contributed by atoms with Crippen molar-refractivity contribution >= 4 is 43.0 Å². The van der Waals surface area contributed by atoms with Crippen LogP contribution < -0.4 is 9.86 Å². The van der Waals surface area contributed by atoms with Crippen molar-refractivity contribution in [2.45, 2.75) is 15.8 Å². The van der Waals surface area contributed by atoms with E-state index in [4.69, 9.17) is 16.7 Å². The third-order valence-electron chi connectivity index (χ3n) is 2.45. The van der Waals surface area contributed by atoms with Gasteiger partial charge in [-0.1, -0.05) is 11.6 Å². The monoisotopic (exact) mass is 370 g/mol. The fourth-order valence-electron chi connectivity index (χ4n) is 1.54. The fourth-order valence-corrected chi connectivity index (χ4v) is 5.01. The smallest absolute Gasteiger partial charge is 0.255 e. The molecule has 116 valence electrons. The summed E-state index contributed by atoms with van der Waals surface area (Å²) in [6, 6.07) is 2.80. The summed E-state index contributed by atoms with van der Waals surface area (Å²) in [5.41, 5.74) is 0. The maximum absolute atomic E-state index is 12.1. The molecule has 8 nitrogen and oxygen atoms in total. The molecule has 0 radical (unpaired) electrons. The Balaban J connectivity index is 2.18. The first kappa shape index (κ1) is 16.4. The highest BCUT2D eigenvalue weighted by Gasteiger charge is 2.22. The van der Waals surface area contributed by atoms with Gasteiger partial charge in [0.2, 0.25) is 10.0 Å². The Bertz CT molecular complexity index is 849. The number of hydrogen-bond donors (Lipinski definition) is 2. The molecule has 0 atom stereocenters. The van der Waals surface area contributed by atoms with E-state index in [-0.39, 0.29) is 20.8 Å². The van der Waals surface area contributed by atoms with Gasteiger partial charge >= 0.3 is 0 Å². The number of thiophene rings is 1. The second-order valence-corrected chi connectivity index (χ2v) is 9.06. The number of rotatable bonds is 5. The SMILES string of the molecule is Cn1ncc(Cl)c1S(=O)(=O)NCc1ccc(S(N)(=O)=O)s1. The summed E-state index contributed by atoms with van der Waals surface area (Å²) >= 11 is 6.67. The molecular formula is C9H11ClN4O4S3. The lowest BCUT2D eigenvalue weighted by molar-refractivity contribution is 0.563. The molecule has 0 aliphatic rings. The highest BCUT2D eigenvalue weighted by Crippen LogP contribution is 2.22. The molecule has 0 spiro atoms. The lowest BCUT2D eigenvalue weighted by Gasteiger charge is -2.06. The summed E-state index contributed by atoms with van der Waals surface area (Å²) in [4.78, 5) is 0.501. The van der Waals surface area contributed by atoms with Gasteiger partial charge in [0, 0.05) is 18.5 Å². The quantitative estimate of drug-likeness (QED) is 0.781. The van der Waals surface area contributed by atoms with Crippen molar-refractivity contribution in [3.63, 3.8) is 0 Å². The van der Waals surface area contributed by atoms with Crippen molar-refractivity contribution in [2.75, 3.05) is 0 Å². The van der Waals surface area contributed by atoms with Crippen molar-refractivity contribution in [2.24, 2.45) is 12.2 Å². The first-order valence-electron chi connectivity index (χ1n) is 5.40. The third kappa shape index (κ3) is 3.62. The number of sulfonamides is 2. The van der Waals surface area contributed by atoms with Crippen LogP contribution in [0.2, 0.25) is 5.02 Å². The van der Waals surface area contributed by atoms with Gasteiger partial charge in [-0.25, -0.2) is 26.7 Å². The Morgan fingerprint density at radius 3 is 2.52 bits per heavy atom. The highest BCUT2D eigenvalue weighted by atomic mass is 35.5. The van der Waals surface area contributed by atoms with Gasteiger partial charge in [-0.15, -0.1) is 11.3 Å². The Morgan fingerprint density at radius 1 is 1.38 bits per heavy atom. The lowest BCUT2D eigenvalue weighted by Crippen LogP contribution is -2.25. The molecule has 21 heavy (non-hydrogen) atoms. The van der Waals surface area contributed by atoms with E-state index in [0.717, 1.165) is 16.0 Å². The topological polar surface area (TPSA) is 124 Å². The van der Waals surface area contributed by atoms with Gasteiger partial charge in [-0.05, 0) is 12.1 Å². The number of nitrogens with two attached hydrogens (primary N) is 1. The second kappa shape index (κ2) is 5.66. The number of aryl methyl sites for hydroxylation is 1. The lowest BCUT2D eigenvalue weighted by atomic mass is 10.5. The zero-order valence-corrected chi connectivity index (χ0v) is 13.9. The van der Waals surface area contributed by atoms with E-state index >= 15 is 0 Å². The minimum absolute atomic E-state index is 0.00130. The number of primary sulfonamides is 1. The van der Waals surface area contributed by atoms with Crippen molar-refractivity contribution in [3.8, 4) is 0 Å². The Kier molecular flexibility index (Phi) is 4.42. The van der Waals surface area contributed by atoms with E-state index in [9.17, 15) is 16.8 Å². The summed E-state index contributed by atoms with van der Waals surface area (Å²) in [6.07, 6.45) is 1.22. The normalized spacial score (nSPS) is 12.7. The van der Waals surface area contributed by atoms with Gasteiger partial charge in [0.25, 0.3) is 10.0 Å². The molecule has 0 aliphatic carbocycles. The van der Waals surface area contributed by atoms with Crippen LogP contribution in [0.4, 0.5) is 0 Å². The molecule has 0 amide bonds. The predicted molar refractivity (Wildman–Crippen MR) is 77.9 cm³/mol. The van der Waals surface area contributed by atoms with Crippen LogP contribution in [0.1, 0.15) is 4.88 Å². The van der Waals surface area contributed by atoms with Crippen LogP contribution in [0.3, 0.4) is 0 Å². The summed E-state index contributed by atoms with van der Waals surface area (Å²) in [5, 5.41) is 8.57. The maximum atomic E-state index is 12.1. The van der Waals surface area contributed by atoms with Gasteiger partial charge in [-0.3, -0.25) is 4.68 Å². The van der Waals surface area contributed by atoms with Crippen LogP contribution in [0.5, 0.6) is 0 Å². The Labute approximate surface area is 130 Å². The van der Waals surface area contributed by atoms with E-state index in [1.807, 2.05) is 0 Å². The van der Waals surface area contributed by atoms with Crippen molar-refractivity contribution in [1.82, 2.24) is 14.5 Å². The van der Waals surface area contributed by atoms with Gasteiger partial charge in [0.05, 0.1) is 11.2 Å². The summed E-state index contributed by atoms with van der Waals surface area (Å²) in [7, 11) is -6.20. The molecule has 0 aliphatic heterocycles.